The van der Waals surface area contributed by atoms with E-state index < -0.39 is 0 Å². The van der Waals surface area contributed by atoms with Crippen LogP contribution in [0.5, 0.6) is 0 Å². The first kappa shape index (κ1) is 17.2. The lowest BCUT2D eigenvalue weighted by Crippen LogP contribution is -2.48. The predicted molar refractivity (Wildman–Crippen MR) is 104 cm³/mol. The molecule has 0 heterocycles. The van der Waals surface area contributed by atoms with Gasteiger partial charge in [0.1, 0.15) is 0 Å². The summed E-state index contributed by atoms with van der Waals surface area (Å²) in [6.07, 6.45) is 19.0. The second-order valence-corrected chi connectivity index (χ2v) is 10.5. The fourth-order valence-electron chi connectivity index (χ4n) is 8.18. The molecule has 0 heteroatoms. The molecule has 7 atom stereocenters. The average Bonchev–Trinajstić information content (AvgIpc) is 2.92. The molecular weight excluding hydrogens is 288 g/mol. The van der Waals surface area contributed by atoms with Crippen LogP contribution in [-0.2, 0) is 0 Å². The molecule has 4 rings (SSSR count). The minimum atomic E-state index is 0.620. The Labute approximate surface area is 150 Å². The maximum atomic E-state index is 2.78. The van der Waals surface area contributed by atoms with E-state index in [0.717, 1.165) is 29.6 Å². The summed E-state index contributed by atoms with van der Waals surface area (Å²) in [5.74, 6) is 4.79. The third-order valence-corrected chi connectivity index (χ3v) is 9.50. The molecule has 0 aromatic carbocycles. The van der Waals surface area contributed by atoms with E-state index in [1.54, 1.807) is 0 Å². The van der Waals surface area contributed by atoms with Crippen LogP contribution in [0.15, 0.2) is 11.6 Å². The molecule has 0 amide bonds. The molecule has 3 saturated carbocycles. The van der Waals surface area contributed by atoms with Gasteiger partial charge in [-0.1, -0.05) is 65.0 Å². The molecule has 136 valence electrons. The van der Waals surface area contributed by atoms with Crippen LogP contribution in [0, 0.1) is 40.4 Å². The summed E-state index contributed by atoms with van der Waals surface area (Å²) in [6, 6.07) is 0. The van der Waals surface area contributed by atoms with Gasteiger partial charge in [-0.05, 0) is 85.4 Å². The molecule has 0 saturated heterocycles. The molecule has 0 radical (unpaired) electrons. The van der Waals surface area contributed by atoms with Crippen molar-refractivity contribution in [3.05, 3.63) is 11.6 Å². The molecule has 4 aliphatic rings. The molecule has 24 heavy (non-hydrogen) atoms. The highest BCUT2D eigenvalue weighted by Gasteiger charge is 2.57. The average molecular weight is 329 g/mol. The first-order chi connectivity index (χ1) is 11.5. The summed E-state index contributed by atoms with van der Waals surface area (Å²) in [5, 5.41) is 0. The van der Waals surface area contributed by atoms with Crippen molar-refractivity contribution in [1.82, 2.24) is 0 Å². The van der Waals surface area contributed by atoms with Crippen LogP contribution < -0.4 is 0 Å². The summed E-state index contributed by atoms with van der Waals surface area (Å²) >= 11 is 0. The van der Waals surface area contributed by atoms with Gasteiger partial charge in [-0.25, -0.2) is 0 Å². The van der Waals surface area contributed by atoms with Crippen molar-refractivity contribution >= 4 is 0 Å². The molecule has 0 unspecified atom stereocenters. The van der Waals surface area contributed by atoms with Crippen LogP contribution in [0.3, 0.4) is 0 Å². The van der Waals surface area contributed by atoms with Gasteiger partial charge in [0.25, 0.3) is 0 Å². The Hall–Kier alpha value is -0.260. The second kappa shape index (κ2) is 6.17. The van der Waals surface area contributed by atoms with Gasteiger partial charge in [0.2, 0.25) is 0 Å². The highest BCUT2D eigenvalue weighted by molar-refractivity contribution is 5.27. The standard InChI is InChI=1S/C24H40/c1-5-8-17(2)20-12-13-21-19-11-10-18-9-6-7-15-23(18,3)22(19)14-16-24(20,21)4/h11,17-18,20-22H,5-10,12-16H2,1-4H3/t17-,18+,20-,21+,22+,23+,24-/m1/s1. The first-order valence-corrected chi connectivity index (χ1v) is 11.2. The van der Waals surface area contributed by atoms with E-state index in [9.17, 15) is 0 Å². The van der Waals surface area contributed by atoms with Gasteiger partial charge >= 0.3 is 0 Å². The zero-order valence-corrected chi connectivity index (χ0v) is 16.7. The van der Waals surface area contributed by atoms with Gasteiger partial charge in [-0.15, -0.1) is 0 Å². The van der Waals surface area contributed by atoms with Crippen LogP contribution in [-0.4, -0.2) is 0 Å². The van der Waals surface area contributed by atoms with E-state index in [2.05, 4.69) is 33.8 Å². The lowest BCUT2D eigenvalue weighted by Gasteiger charge is -2.57. The Kier molecular flexibility index (Phi) is 4.41. The highest BCUT2D eigenvalue weighted by Crippen LogP contribution is 2.66. The Balaban J connectivity index is 1.62. The van der Waals surface area contributed by atoms with Crippen LogP contribution in [0.2, 0.25) is 0 Å². The van der Waals surface area contributed by atoms with Crippen molar-refractivity contribution in [2.24, 2.45) is 40.4 Å². The van der Waals surface area contributed by atoms with Crippen molar-refractivity contribution in [2.45, 2.75) is 98.3 Å². The van der Waals surface area contributed by atoms with Crippen molar-refractivity contribution in [2.75, 3.05) is 0 Å². The summed E-state index contributed by atoms with van der Waals surface area (Å²) in [7, 11) is 0. The quantitative estimate of drug-likeness (QED) is 0.474. The molecule has 0 N–H and O–H groups in total. The van der Waals surface area contributed by atoms with Gasteiger partial charge in [-0.3, -0.25) is 0 Å². The highest BCUT2D eigenvalue weighted by atomic mass is 14.6. The van der Waals surface area contributed by atoms with Crippen LogP contribution >= 0.6 is 0 Å². The third kappa shape index (κ3) is 2.38. The normalized spacial score (nSPS) is 48.9. The first-order valence-electron chi connectivity index (χ1n) is 11.2. The van der Waals surface area contributed by atoms with E-state index in [1.165, 1.54) is 70.6 Å². The van der Waals surface area contributed by atoms with E-state index in [-0.39, 0.29) is 0 Å². The fourth-order valence-corrected chi connectivity index (χ4v) is 8.18. The van der Waals surface area contributed by atoms with Crippen molar-refractivity contribution in [1.29, 1.82) is 0 Å². The minimum absolute atomic E-state index is 0.620. The lowest BCUT2D eigenvalue weighted by atomic mass is 9.48. The Morgan fingerprint density at radius 3 is 2.58 bits per heavy atom. The number of hydrogen-bond donors (Lipinski definition) is 0. The Bertz CT molecular complexity index is 502. The molecule has 0 aromatic rings. The maximum Gasteiger partial charge on any atom is -0.0143 e. The van der Waals surface area contributed by atoms with Crippen molar-refractivity contribution in [3.63, 3.8) is 0 Å². The van der Waals surface area contributed by atoms with Gasteiger partial charge < -0.3 is 0 Å². The monoisotopic (exact) mass is 328 g/mol. The van der Waals surface area contributed by atoms with Crippen molar-refractivity contribution < 1.29 is 0 Å². The molecule has 0 aromatic heterocycles. The summed E-state index contributed by atoms with van der Waals surface area (Å²) < 4.78 is 0. The van der Waals surface area contributed by atoms with E-state index in [1.807, 2.05) is 5.57 Å². The zero-order valence-electron chi connectivity index (χ0n) is 16.7. The Morgan fingerprint density at radius 2 is 1.79 bits per heavy atom. The van der Waals surface area contributed by atoms with Gasteiger partial charge in [0, 0.05) is 0 Å². The molecule has 3 fully saturated rings. The van der Waals surface area contributed by atoms with Crippen molar-refractivity contribution in [3.8, 4) is 0 Å². The fraction of sp³-hybridized carbons (Fsp3) is 0.917. The van der Waals surface area contributed by atoms with Crippen LogP contribution in [0.25, 0.3) is 0 Å². The molecule has 0 nitrogen and oxygen atoms in total. The summed E-state index contributed by atoms with van der Waals surface area (Å²) in [4.78, 5) is 0. The van der Waals surface area contributed by atoms with E-state index in [4.69, 9.17) is 0 Å². The lowest BCUT2D eigenvalue weighted by molar-refractivity contribution is -0.00786. The number of hydrogen-bond acceptors (Lipinski definition) is 0. The van der Waals surface area contributed by atoms with Gasteiger partial charge in [0.05, 0.1) is 0 Å². The van der Waals surface area contributed by atoms with Gasteiger partial charge in [0.15, 0.2) is 0 Å². The van der Waals surface area contributed by atoms with Gasteiger partial charge in [-0.2, -0.15) is 0 Å². The predicted octanol–water partition coefficient (Wildman–Crippen LogP) is 7.39. The molecule has 0 bridgehead atoms. The van der Waals surface area contributed by atoms with Crippen LogP contribution in [0.1, 0.15) is 98.3 Å². The summed E-state index contributed by atoms with van der Waals surface area (Å²) in [5.41, 5.74) is 3.22. The molecular formula is C24H40. The largest absolute Gasteiger partial charge is 0.0844 e. The summed E-state index contributed by atoms with van der Waals surface area (Å²) in [6.45, 7) is 10.3. The smallest absolute Gasteiger partial charge is 0.0143 e. The van der Waals surface area contributed by atoms with E-state index >= 15 is 0 Å². The zero-order chi connectivity index (χ0) is 16.9. The topological polar surface area (TPSA) is 0 Å². The maximum absolute atomic E-state index is 2.78. The Morgan fingerprint density at radius 1 is 1.00 bits per heavy atom. The number of fused-ring (bicyclic) bond motifs is 5. The molecule has 0 spiro atoms. The SMILES string of the molecule is CCC[C@@H](C)[C@H]1CC[C@H]2C3=CC[C@@H]4CCCC[C@]4(C)[C@H]3CC[C@]12C. The second-order valence-electron chi connectivity index (χ2n) is 10.5. The number of rotatable bonds is 3. The molecule has 4 aliphatic carbocycles. The molecule has 0 aliphatic heterocycles. The van der Waals surface area contributed by atoms with Crippen LogP contribution in [0.4, 0.5) is 0 Å². The minimum Gasteiger partial charge on any atom is -0.0844 e. The van der Waals surface area contributed by atoms with E-state index in [0.29, 0.717) is 10.8 Å². The number of allylic oxidation sites excluding steroid dienone is 2. The third-order valence-electron chi connectivity index (χ3n) is 9.50.